The summed E-state index contributed by atoms with van der Waals surface area (Å²) in [5, 5.41) is 13.5. The fraction of sp³-hybridized carbons (Fsp3) is 0.692. The summed E-state index contributed by atoms with van der Waals surface area (Å²) in [4.78, 5) is 2.43. The predicted octanol–water partition coefficient (Wildman–Crippen LogP) is 2.03. The Kier molecular flexibility index (Phi) is 2.75. The molecule has 2 rings (SSSR count). The minimum absolute atomic E-state index is 0.227. The quantitative estimate of drug-likeness (QED) is 0.744. The van der Waals surface area contributed by atoms with Crippen molar-refractivity contribution in [2.24, 2.45) is 0 Å². The lowest BCUT2D eigenvalue weighted by atomic mass is 9.97. The zero-order valence-corrected chi connectivity index (χ0v) is 11.3. The molecule has 1 aliphatic heterocycles. The van der Waals surface area contributed by atoms with Crippen LogP contribution >= 0.6 is 0 Å². The summed E-state index contributed by atoms with van der Waals surface area (Å²) >= 11 is 0. The van der Waals surface area contributed by atoms with E-state index in [0.29, 0.717) is 6.04 Å². The zero-order chi connectivity index (χ0) is 12.8. The van der Waals surface area contributed by atoms with Crippen LogP contribution in [0.5, 0.6) is 0 Å². The first-order valence-electron chi connectivity index (χ1n) is 6.05. The molecule has 0 amide bonds. The van der Waals surface area contributed by atoms with Crippen LogP contribution in [0.2, 0.25) is 0 Å². The zero-order valence-electron chi connectivity index (χ0n) is 11.3. The van der Waals surface area contributed by atoms with Gasteiger partial charge >= 0.3 is 0 Å². The molecular formula is C13H20N4. The minimum Gasteiger partial charge on any atom is -0.294 e. The average molecular weight is 232 g/mol. The standard InChI is InChI=1S/C13H20N4/c1-9-12(6-14)10(2)17(15-9)11-7-16(8-11)13(3,4)5/h11H,7-8H2,1-5H3. The first kappa shape index (κ1) is 12.1. The van der Waals surface area contributed by atoms with Crippen LogP contribution < -0.4 is 0 Å². The molecule has 1 fully saturated rings. The van der Waals surface area contributed by atoms with E-state index in [2.05, 4.69) is 36.8 Å². The second-order valence-corrected chi connectivity index (χ2v) is 5.83. The van der Waals surface area contributed by atoms with Crippen LogP contribution in [0.1, 0.15) is 43.8 Å². The molecule has 4 nitrogen and oxygen atoms in total. The molecule has 0 spiro atoms. The van der Waals surface area contributed by atoms with Gasteiger partial charge in [-0.25, -0.2) is 0 Å². The molecule has 0 aliphatic carbocycles. The highest BCUT2D eigenvalue weighted by molar-refractivity contribution is 5.37. The van der Waals surface area contributed by atoms with Crippen LogP contribution in [0.15, 0.2) is 0 Å². The molecule has 92 valence electrons. The van der Waals surface area contributed by atoms with E-state index >= 15 is 0 Å². The van der Waals surface area contributed by atoms with Gasteiger partial charge in [-0.1, -0.05) is 0 Å². The summed E-state index contributed by atoms with van der Waals surface area (Å²) in [7, 11) is 0. The van der Waals surface area contributed by atoms with Crippen molar-refractivity contribution < 1.29 is 0 Å². The number of rotatable bonds is 1. The molecule has 1 aromatic heterocycles. The molecule has 0 aromatic carbocycles. The van der Waals surface area contributed by atoms with Crippen LogP contribution in [-0.2, 0) is 0 Å². The van der Waals surface area contributed by atoms with Gasteiger partial charge in [0.1, 0.15) is 6.07 Å². The lowest BCUT2D eigenvalue weighted by molar-refractivity contribution is 0.0146. The SMILES string of the molecule is Cc1nn(C2CN(C(C)(C)C)C2)c(C)c1C#N. The fourth-order valence-corrected chi connectivity index (χ4v) is 2.34. The topological polar surface area (TPSA) is 44.9 Å². The van der Waals surface area contributed by atoms with E-state index in [9.17, 15) is 0 Å². The summed E-state index contributed by atoms with van der Waals surface area (Å²) in [6.07, 6.45) is 0. The smallest absolute Gasteiger partial charge is 0.103 e. The summed E-state index contributed by atoms with van der Waals surface area (Å²) in [5.41, 5.74) is 2.81. The minimum atomic E-state index is 0.227. The normalized spacial score (nSPS) is 17.9. The van der Waals surface area contributed by atoms with E-state index in [-0.39, 0.29) is 5.54 Å². The second kappa shape index (κ2) is 3.85. The summed E-state index contributed by atoms with van der Waals surface area (Å²) in [6.45, 7) is 12.6. The van der Waals surface area contributed by atoms with Crippen molar-refractivity contribution in [3.05, 3.63) is 17.0 Å². The third kappa shape index (κ3) is 1.96. The molecule has 2 heterocycles. The van der Waals surface area contributed by atoms with E-state index in [1.165, 1.54) is 0 Å². The third-order valence-electron chi connectivity index (χ3n) is 3.59. The first-order valence-corrected chi connectivity index (χ1v) is 6.05. The molecule has 1 aromatic rings. The van der Waals surface area contributed by atoms with Crippen molar-refractivity contribution in [1.82, 2.24) is 14.7 Å². The Balaban J connectivity index is 2.15. The predicted molar refractivity (Wildman–Crippen MR) is 66.8 cm³/mol. The number of aryl methyl sites for hydroxylation is 1. The Labute approximate surface area is 103 Å². The lowest BCUT2D eigenvalue weighted by Crippen LogP contribution is -2.56. The molecule has 0 N–H and O–H groups in total. The van der Waals surface area contributed by atoms with Crippen LogP contribution in [0.25, 0.3) is 0 Å². The van der Waals surface area contributed by atoms with E-state index in [1.807, 2.05) is 18.5 Å². The fourth-order valence-electron chi connectivity index (χ4n) is 2.34. The number of nitriles is 1. The highest BCUT2D eigenvalue weighted by atomic mass is 15.4. The molecule has 0 bridgehead atoms. The number of nitrogens with zero attached hydrogens (tertiary/aromatic N) is 4. The number of aromatic nitrogens is 2. The van der Waals surface area contributed by atoms with Gasteiger partial charge < -0.3 is 0 Å². The van der Waals surface area contributed by atoms with E-state index in [4.69, 9.17) is 5.26 Å². The first-order chi connectivity index (χ1) is 7.84. The molecular weight excluding hydrogens is 212 g/mol. The van der Waals surface area contributed by atoms with Gasteiger partial charge in [-0.05, 0) is 34.6 Å². The van der Waals surface area contributed by atoms with Gasteiger partial charge in [-0.3, -0.25) is 9.58 Å². The van der Waals surface area contributed by atoms with E-state index < -0.39 is 0 Å². The molecule has 0 atom stereocenters. The maximum atomic E-state index is 9.05. The Bertz CT molecular complexity index is 467. The average Bonchev–Trinajstić information content (AvgIpc) is 2.37. The van der Waals surface area contributed by atoms with Crippen LogP contribution in [0.4, 0.5) is 0 Å². The van der Waals surface area contributed by atoms with Crippen molar-refractivity contribution in [3.63, 3.8) is 0 Å². The van der Waals surface area contributed by atoms with Gasteiger partial charge in [-0.15, -0.1) is 0 Å². The van der Waals surface area contributed by atoms with Gasteiger partial charge in [0.2, 0.25) is 0 Å². The molecule has 4 heteroatoms. The highest BCUT2D eigenvalue weighted by Gasteiger charge is 2.36. The van der Waals surface area contributed by atoms with E-state index in [0.717, 1.165) is 30.0 Å². The molecule has 0 radical (unpaired) electrons. The molecule has 1 saturated heterocycles. The monoisotopic (exact) mass is 232 g/mol. The highest BCUT2D eigenvalue weighted by Crippen LogP contribution is 2.30. The van der Waals surface area contributed by atoms with E-state index in [1.54, 1.807) is 0 Å². The molecule has 17 heavy (non-hydrogen) atoms. The number of likely N-dealkylation sites (tertiary alicyclic amines) is 1. The Morgan fingerprint density at radius 3 is 2.29 bits per heavy atom. The van der Waals surface area contributed by atoms with Crippen molar-refractivity contribution in [3.8, 4) is 6.07 Å². The van der Waals surface area contributed by atoms with Gasteiger partial charge in [0.15, 0.2) is 0 Å². The third-order valence-corrected chi connectivity index (χ3v) is 3.59. The van der Waals surface area contributed by atoms with Crippen LogP contribution in [-0.4, -0.2) is 33.3 Å². The second-order valence-electron chi connectivity index (χ2n) is 5.83. The molecule has 0 saturated carbocycles. The van der Waals surface area contributed by atoms with Crippen molar-refractivity contribution in [2.45, 2.75) is 46.2 Å². The van der Waals surface area contributed by atoms with Crippen molar-refractivity contribution in [1.29, 1.82) is 5.26 Å². The maximum absolute atomic E-state index is 9.05. The van der Waals surface area contributed by atoms with Crippen LogP contribution in [0.3, 0.4) is 0 Å². The lowest BCUT2D eigenvalue weighted by Gasteiger charge is -2.47. The number of hydrogen-bond acceptors (Lipinski definition) is 3. The van der Waals surface area contributed by atoms with Crippen molar-refractivity contribution in [2.75, 3.05) is 13.1 Å². The van der Waals surface area contributed by atoms with Gasteiger partial charge in [-0.2, -0.15) is 10.4 Å². The molecule has 0 unspecified atom stereocenters. The number of hydrogen-bond donors (Lipinski definition) is 0. The Morgan fingerprint density at radius 1 is 1.29 bits per heavy atom. The van der Waals surface area contributed by atoms with Gasteiger partial charge in [0.05, 0.1) is 23.0 Å². The summed E-state index contributed by atoms with van der Waals surface area (Å²) in [6, 6.07) is 2.66. The Morgan fingerprint density at radius 2 is 1.88 bits per heavy atom. The van der Waals surface area contributed by atoms with Crippen LogP contribution in [0, 0.1) is 25.2 Å². The maximum Gasteiger partial charge on any atom is 0.103 e. The summed E-state index contributed by atoms with van der Waals surface area (Å²) in [5.74, 6) is 0. The van der Waals surface area contributed by atoms with Crippen molar-refractivity contribution >= 4 is 0 Å². The van der Waals surface area contributed by atoms with Gasteiger partial charge in [0.25, 0.3) is 0 Å². The Hall–Kier alpha value is -1.34. The van der Waals surface area contributed by atoms with Gasteiger partial charge in [0, 0.05) is 18.6 Å². The summed E-state index contributed by atoms with van der Waals surface area (Å²) < 4.78 is 2.02. The molecule has 1 aliphatic rings. The largest absolute Gasteiger partial charge is 0.294 e.